The molecule has 0 radical (unpaired) electrons. The largest absolute Gasteiger partial charge is 0.326 e. The van der Waals surface area contributed by atoms with Gasteiger partial charge in [-0.25, -0.2) is 13.2 Å². The molecule has 2 rings (SSSR count). The topological polar surface area (TPSA) is 26.0 Å². The molecule has 0 saturated heterocycles. The van der Waals surface area contributed by atoms with Crippen molar-refractivity contribution < 1.29 is 13.2 Å². The van der Waals surface area contributed by atoms with E-state index in [1.165, 1.54) is 0 Å². The zero-order chi connectivity index (χ0) is 13.3. The molecule has 2 aromatic rings. The molecule has 0 spiro atoms. The average molecular weight is 251 g/mol. The third kappa shape index (κ3) is 2.24. The van der Waals surface area contributed by atoms with Gasteiger partial charge in [-0.1, -0.05) is 23.8 Å². The van der Waals surface area contributed by atoms with Crippen molar-refractivity contribution in [2.75, 3.05) is 0 Å². The van der Waals surface area contributed by atoms with E-state index in [1.807, 2.05) is 13.0 Å². The standard InChI is InChI=1S/C14H12F3N/c1-8-2-3-9(7-18)11(4-8)10-5-12(15)14(17)13(16)6-10/h2-6H,7,18H2,1H3. The summed E-state index contributed by atoms with van der Waals surface area (Å²) in [6.07, 6.45) is 0. The Bertz CT molecular complexity index is 571. The van der Waals surface area contributed by atoms with Gasteiger partial charge in [0.15, 0.2) is 17.5 Å². The Morgan fingerprint density at radius 3 is 2.17 bits per heavy atom. The van der Waals surface area contributed by atoms with Gasteiger partial charge in [-0.2, -0.15) is 0 Å². The molecule has 0 bridgehead atoms. The number of halogens is 3. The van der Waals surface area contributed by atoms with Crippen LogP contribution in [0.25, 0.3) is 11.1 Å². The Hall–Kier alpha value is -1.81. The molecular formula is C14H12F3N. The molecule has 0 aliphatic heterocycles. The van der Waals surface area contributed by atoms with Gasteiger partial charge in [-0.15, -0.1) is 0 Å². The van der Waals surface area contributed by atoms with Crippen LogP contribution in [-0.2, 0) is 6.54 Å². The van der Waals surface area contributed by atoms with Crippen LogP contribution in [-0.4, -0.2) is 0 Å². The van der Waals surface area contributed by atoms with Crippen LogP contribution in [0.5, 0.6) is 0 Å². The van der Waals surface area contributed by atoms with Crippen LogP contribution in [0.4, 0.5) is 13.2 Å². The van der Waals surface area contributed by atoms with E-state index < -0.39 is 17.5 Å². The van der Waals surface area contributed by atoms with Crippen molar-refractivity contribution >= 4 is 0 Å². The summed E-state index contributed by atoms with van der Waals surface area (Å²) < 4.78 is 39.3. The lowest BCUT2D eigenvalue weighted by molar-refractivity contribution is 0.447. The Labute approximate surface area is 103 Å². The predicted octanol–water partition coefficient (Wildman–Crippen LogP) is 3.54. The minimum Gasteiger partial charge on any atom is -0.326 e. The van der Waals surface area contributed by atoms with E-state index in [4.69, 9.17) is 5.73 Å². The van der Waals surface area contributed by atoms with E-state index in [1.54, 1.807) is 12.1 Å². The van der Waals surface area contributed by atoms with Crippen molar-refractivity contribution in [2.45, 2.75) is 13.5 Å². The van der Waals surface area contributed by atoms with Gasteiger partial charge in [0.25, 0.3) is 0 Å². The van der Waals surface area contributed by atoms with Crippen molar-refractivity contribution in [2.24, 2.45) is 5.73 Å². The van der Waals surface area contributed by atoms with Gasteiger partial charge in [-0.05, 0) is 35.7 Å². The molecule has 18 heavy (non-hydrogen) atoms. The highest BCUT2D eigenvalue weighted by atomic mass is 19.2. The molecule has 94 valence electrons. The lowest BCUT2D eigenvalue weighted by Crippen LogP contribution is -2.00. The fourth-order valence-electron chi connectivity index (χ4n) is 1.85. The molecule has 0 aromatic heterocycles. The molecule has 0 heterocycles. The number of aryl methyl sites for hydroxylation is 1. The van der Waals surface area contributed by atoms with Gasteiger partial charge < -0.3 is 5.73 Å². The number of nitrogens with two attached hydrogens (primary N) is 1. The second-order valence-corrected chi connectivity index (χ2v) is 4.12. The second kappa shape index (κ2) is 4.82. The highest BCUT2D eigenvalue weighted by molar-refractivity contribution is 5.68. The highest BCUT2D eigenvalue weighted by Gasteiger charge is 2.13. The normalized spacial score (nSPS) is 10.7. The third-order valence-corrected chi connectivity index (χ3v) is 2.78. The van der Waals surface area contributed by atoms with Gasteiger partial charge in [0, 0.05) is 6.54 Å². The van der Waals surface area contributed by atoms with Crippen molar-refractivity contribution in [3.05, 3.63) is 58.9 Å². The Morgan fingerprint density at radius 2 is 1.61 bits per heavy atom. The second-order valence-electron chi connectivity index (χ2n) is 4.12. The Balaban J connectivity index is 2.65. The first-order valence-electron chi connectivity index (χ1n) is 5.47. The highest BCUT2D eigenvalue weighted by Crippen LogP contribution is 2.27. The molecular weight excluding hydrogens is 239 g/mol. The molecule has 0 amide bonds. The van der Waals surface area contributed by atoms with Crippen LogP contribution in [0, 0.1) is 24.4 Å². The van der Waals surface area contributed by atoms with Crippen molar-refractivity contribution in [1.29, 1.82) is 0 Å². The molecule has 0 saturated carbocycles. The summed E-state index contributed by atoms with van der Waals surface area (Å²) in [4.78, 5) is 0. The van der Waals surface area contributed by atoms with Crippen molar-refractivity contribution in [1.82, 2.24) is 0 Å². The fraction of sp³-hybridized carbons (Fsp3) is 0.143. The average Bonchev–Trinajstić information content (AvgIpc) is 2.35. The molecule has 0 aliphatic rings. The van der Waals surface area contributed by atoms with E-state index in [9.17, 15) is 13.2 Å². The van der Waals surface area contributed by atoms with Crippen LogP contribution in [0.2, 0.25) is 0 Å². The minimum atomic E-state index is -1.46. The lowest BCUT2D eigenvalue weighted by Gasteiger charge is -2.10. The summed E-state index contributed by atoms with van der Waals surface area (Å²) in [5.41, 5.74) is 8.18. The molecule has 0 unspecified atom stereocenters. The summed E-state index contributed by atoms with van der Waals surface area (Å²) >= 11 is 0. The maximum Gasteiger partial charge on any atom is 0.194 e. The minimum absolute atomic E-state index is 0.246. The molecule has 1 nitrogen and oxygen atoms in total. The van der Waals surface area contributed by atoms with Crippen molar-refractivity contribution in [3.63, 3.8) is 0 Å². The van der Waals surface area contributed by atoms with E-state index in [2.05, 4.69) is 0 Å². The van der Waals surface area contributed by atoms with E-state index in [0.29, 0.717) is 5.56 Å². The molecule has 2 N–H and O–H groups in total. The summed E-state index contributed by atoms with van der Waals surface area (Å²) in [5.74, 6) is -3.86. The van der Waals surface area contributed by atoms with Crippen LogP contribution in [0.1, 0.15) is 11.1 Å². The molecule has 4 heteroatoms. The van der Waals surface area contributed by atoms with E-state index >= 15 is 0 Å². The maximum absolute atomic E-state index is 13.2. The molecule has 2 aromatic carbocycles. The first-order valence-corrected chi connectivity index (χ1v) is 5.47. The number of hydrogen-bond acceptors (Lipinski definition) is 1. The van der Waals surface area contributed by atoms with Crippen molar-refractivity contribution in [3.8, 4) is 11.1 Å². The zero-order valence-electron chi connectivity index (χ0n) is 9.81. The van der Waals surface area contributed by atoms with Crippen LogP contribution in [0.15, 0.2) is 30.3 Å². The SMILES string of the molecule is Cc1ccc(CN)c(-c2cc(F)c(F)c(F)c2)c1. The Kier molecular flexibility index (Phi) is 3.39. The molecule has 0 fully saturated rings. The first-order chi connectivity index (χ1) is 8.52. The number of hydrogen-bond donors (Lipinski definition) is 1. The van der Waals surface area contributed by atoms with Gasteiger partial charge in [0.05, 0.1) is 0 Å². The summed E-state index contributed by atoms with van der Waals surface area (Å²) in [6, 6.07) is 7.39. The fourth-order valence-corrected chi connectivity index (χ4v) is 1.85. The monoisotopic (exact) mass is 251 g/mol. The summed E-state index contributed by atoms with van der Waals surface area (Å²) in [7, 11) is 0. The van der Waals surface area contributed by atoms with Crippen LogP contribution >= 0.6 is 0 Å². The first kappa shape index (κ1) is 12.6. The van der Waals surface area contributed by atoms with E-state index in [-0.39, 0.29) is 12.1 Å². The molecule has 0 atom stereocenters. The number of rotatable bonds is 2. The van der Waals surface area contributed by atoms with Gasteiger partial charge in [0.2, 0.25) is 0 Å². The predicted molar refractivity (Wildman–Crippen MR) is 64.4 cm³/mol. The Morgan fingerprint density at radius 1 is 1.00 bits per heavy atom. The maximum atomic E-state index is 13.2. The molecule has 0 aliphatic carbocycles. The summed E-state index contributed by atoms with van der Waals surface area (Å²) in [6.45, 7) is 2.11. The summed E-state index contributed by atoms with van der Waals surface area (Å²) in [5, 5.41) is 0. The quantitative estimate of drug-likeness (QED) is 0.812. The zero-order valence-corrected chi connectivity index (χ0v) is 9.81. The van der Waals surface area contributed by atoms with E-state index in [0.717, 1.165) is 23.3 Å². The smallest absolute Gasteiger partial charge is 0.194 e. The number of benzene rings is 2. The van der Waals surface area contributed by atoms with Crippen LogP contribution in [0.3, 0.4) is 0 Å². The van der Waals surface area contributed by atoms with Gasteiger partial charge >= 0.3 is 0 Å². The van der Waals surface area contributed by atoms with Gasteiger partial charge in [-0.3, -0.25) is 0 Å². The van der Waals surface area contributed by atoms with Crippen LogP contribution < -0.4 is 5.73 Å². The third-order valence-electron chi connectivity index (χ3n) is 2.78. The van der Waals surface area contributed by atoms with Gasteiger partial charge in [0.1, 0.15) is 0 Å². The lowest BCUT2D eigenvalue weighted by atomic mass is 9.97.